The quantitative estimate of drug-likeness (QED) is 0.757. The first kappa shape index (κ1) is 9.36. The van der Waals surface area contributed by atoms with Crippen molar-refractivity contribution in [3.05, 3.63) is 34.7 Å². The lowest BCUT2D eigenvalue weighted by Gasteiger charge is -1.98. The maximum absolute atomic E-state index is 13.0. The fourth-order valence-corrected chi connectivity index (χ4v) is 1.34. The first-order valence-electron chi connectivity index (χ1n) is 3.56. The molecule has 0 aliphatic carbocycles. The Morgan fingerprint density at radius 1 is 1.36 bits per heavy atom. The van der Waals surface area contributed by atoms with E-state index in [1.807, 2.05) is 0 Å². The SMILES string of the molecule is Fc1c(Cl)nn(-c2ccncn2)c1Cl. The van der Waals surface area contributed by atoms with Crippen LogP contribution in [0.2, 0.25) is 10.3 Å². The van der Waals surface area contributed by atoms with Gasteiger partial charge in [0.15, 0.2) is 21.9 Å². The van der Waals surface area contributed by atoms with Gasteiger partial charge in [-0.25, -0.2) is 14.4 Å². The summed E-state index contributed by atoms with van der Waals surface area (Å²) in [5.74, 6) is -0.400. The Hall–Kier alpha value is -1.20. The summed E-state index contributed by atoms with van der Waals surface area (Å²) in [7, 11) is 0. The first-order chi connectivity index (χ1) is 6.70. The van der Waals surface area contributed by atoms with Gasteiger partial charge in [-0.2, -0.15) is 4.68 Å². The zero-order valence-electron chi connectivity index (χ0n) is 6.65. The Balaban J connectivity index is 2.58. The van der Waals surface area contributed by atoms with Crippen LogP contribution in [0.25, 0.3) is 5.82 Å². The maximum atomic E-state index is 13.0. The monoisotopic (exact) mass is 232 g/mol. The molecule has 7 heteroatoms. The smallest absolute Gasteiger partial charge is 0.199 e. The second-order valence-electron chi connectivity index (χ2n) is 2.37. The van der Waals surface area contributed by atoms with Crippen LogP contribution in [0, 0.1) is 5.82 Å². The molecule has 0 N–H and O–H groups in total. The molecule has 0 saturated heterocycles. The van der Waals surface area contributed by atoms with Crippen LogP contribution in [0.5, 0.6) is 0 Å². The molecular formula is C7H3Cl2FN4. The molecule has 4 nitrogen and oxygen atoms in total. The van der Waals surface area contributed by atoms with Crippen molar-refractivity contribution in [2.75, 3.05) is 0 Å². The Morgan fingerprint density at radius 3 is 2.64 bits per heavy atom. The van der Waals surface area contributed by atoms with Crippen molar-refractivity contribution in [2.45, 2.75) is 0 Å². The highest BCUT2D eigenvalue weighted by atomic mass is 35.5. The average molecular weight is 233 g/mol. The van der Waals surface area contributed by atoms with Gasteiger partial charge in [0.2, 0.25) is 0 Å². The van der Waals surface area contributed by atoms with Gasteiger partial charge in [0, 0.05) is 12.3 Å². The van der Waals surface area contributed by atoms with Gasteiger partial charge < -0.3 is 0 Å². The topological polar surface area (TPSA) is 43.6 Å². The molecule has 14 heavy (non-hydrogen) atoms. The number of aromatic nitrogens is 4. The summed E-state index contributed by atoms with van der Waals surface area (Å²) in [5.41, 5.74) is 0. The summed E-state index contributed by atoms with van der Waals surface area (Å²) >= 11 is 11.1. The van der Waals surface area contributed by atoms with Crippen LogP contribution in [0.1, 0.15) is 0 Å². The molecule has 0 atom stereocenters. The third kappa shape index (κ3) is 1.44. The van der Waals surface area contributed by atoms with Crippen molar-refractivity contribution in [2.24, 2.45) is 0 Å². The predicted octanol–water partition coefficient (Wildman–Crippen LogP) is 2.11. The highest BCUT2D eigenvalue weighted by Crippen LogP contribution is 2.23. The molecule has 0 radical (unpaired) electrons. The standard InChI is InChI=1S/C7H3Cl2FN4/c8-6-5(10)7(9)14(13-6)4-1-2-11-3-12-4/h1-3H. The summed E-state index contributed by atoms with van der Waals surface area (Å²) in [4.78, 5) is 7.55. The van der Waals surface area contributed by atoms with E-state index in [4.69, 9.17) is 23.2 Å². The van der Waals surface area contributed by atoms with Crippen LogP contribution in [-0.2, 0) is 0 Å². The van der Waals surface area contributed by atoms with E-state index in [-0.39, 0.29) is 10.3 Å². The number of hydrogen-bond donors (Lipinski definition) is 0. The van der Waals surface area contributed by atoms with E-state index in [9.17, 15) is 4.39 Å². The predicted molar refractivity (Wildman–Crippen MR) is 49.1 cm³/mol. The molecule has 72 valence electrons. The Labute approximate surface area is 88.3 Å². The zero-order chi connectivity index (χ0) is 10.1. The molecule has 0 amide bonds. The lowest BCUT2D eigenvalue weighted by Crippen LogP contribution is -1.99. The van der Waals surface area contributed by atoms with E-state index >= 15 is 0 Å². The average Bonchev–Trinajstić information content (AvgIpc) is 2.47. The third-order valence-corrected chi connectivity index (χ3v) is 2.09. The van der Waals surface area contributed by atoms with Crippen molar-refractivity contribution >= 4 is 23.2 Å². The van der Waals surface area contributed by atoms with Crippen LogP contribution in [0.3, 0.4) is 0 Å². The van der Waals surface area contributed by atoms with Crippen molar-refractivity contribution in [3.63, 3.8) is 0 Å². The Kier molecular flexibility index (Phi) is 2.35. The number of rotatable bonds is 1. The lowest BCUT2D eigenvalue weighted by atomic mass is 10.6. The summed E-state index contributed by atoms with van der Waals surface area (Å²) in [6, 6.07) is 1.54. The molecule has 0 fully saturated rings. The van der Waals surface area contributed by atoms with Crippen LogP contribution in [0.15, 0.2) is 18.6 Å². The van der Waals surface area contributed by atoms with Gasteiger partial charge in [-0.15, -0.1) is 5.10 Å². The first-order valence-corrected chi connectivity index (χ1v) is 4.31. The van der Waals surface area contributed by atoms with E-state index in [1.54, 1.807) is 0 Å². The number of nitrogens with zero attached hydrogens (tertiary/aromatic N) is 4. The number of hydrogen-bond acceptors (Lipinski definition) is 3. The molecule has 0 spiro atoms. The molecule has 0 aliphatic rings. The second kappa shape index (κ2) is 3.51. The summed E-state index contributed by atoms with van der Waals surface area (Å²) < 4.78 is 14.1. The molecule has 2 heterocycles. The van der Waals surface area contributed by atoms with E-state index < -0.39 is 5.82 Å². The Bertz CT molecular complexity index is 456. The van der Waals surface area contributed by atoms with E-state index in [2.05, 4.69) is 15.1 Å². The lowest BCUT2D eigenvalue weighted by molar-refractivity contribution is 0.627. The van der Waals surface area contributed by atoms with Crippen molar-refractivity contribution in [1.29, 1.82) is 0 Å². The van der Waals surface area contributed by atoms with Gasteiger partial charge in [-0.3, -0.25) is 0 Å². The van der Waals surface area contributed by atoms with Gasteiger partial charge in [0.1, 0.15) is 6.33 Å². The molecule has 0 aliphatic heterocycles. The maximum Gasteiger partial charge on any atom is 0.199 e. The van der Waals surface area contributed by atoms with Crippen LogP contribution >= 0.6 is 23.2 Å². The number of halogens is 3. The minimum absolute atomic E-state index is 0.200. The van der Waals surface area contributed by atoms with Crippen molar-refractivity contribution < 1.29 is 4.39 Å². The fraction of sp³-hybridized carbons (Fsp3) is 0. The minimum atomic E-state index is -0.757. The normalized spacial score (nSPS) is 10.5. The van der Waals surface area contributed by atoms with Crippen LogP contribution in [0.4, 0.5) is 4.39 Å². The molecule has 0 unspecified atom stereocenters. The second-order valence-corrected chi connectivity index (χ2v) is 3.09. The summed E-state index contributed by atoms with van der Waals surface area (Å²) in [6.07, 6.45) is 2.80. The molecule has 2 aromatic heterocycles. The molecule has 2 aromatic rings. The van der Waals surface area contributed by atoms with Gasteiger partial charge in [0.25, 0.3) is 0 Å². The fourth-order valence-electron chi connectivity index (χ4n) is 0.914. The van der Waals surface area contributed by atoms with Gasteiger partial charge in [0.05, 0.1) is 0 Å². The molecule has 0 saturated carbocycles. The van der Waals surface area contributed by atoms with Crippen molar-refractivity contribution in [1.82, 2.24) is 19.7 Å². The summed E-state index contributed by atoms with van der Waals surface area (Å²) in [6.45, 7) is 0. The van der Waals surface area contributed by atoms with Gasteiger partial charge in [-0.1, -0.05) is 23.2 Å². The van der Waals surface area contributed by atoms with Gasteiger partial charge >= 0.3 is 0 Å². The molecular weight excluding hydrogens is 230 g/mol. The molecule has 2 rings (SSSR count). The minimum Gasteiger partial charge on any atom is -0.245 e. The van der Waals surface area contributed by atoms with Crippen LogP contribution < -0.4 is 0 Å². The zero-order valence-corrected chi connectivity index (χ0v) is 8.17. The third-order valence-electron chi connectivity index (χ3n) is 1.52. The molecule has 0 bridgehead atoms. The largest absolute Gasteiger partial charge is 0.245 e. The summed E-state index contributed by atoms with van der Waals surface area (Å²) in [5, 5.41) is 3.18. The van der Waals surface area contributed by atoms with Crippen molar-refractivity contribution in [3.8, 4) is 5.82 Å². The Morgan fingerprint density at radius 2 is 2.14 bits per heavy atom. The highest BCUT2D eigenvalue weighted by molar-refractivity contribution is 6.34. The van der Waals surface area contributed by atoms with E-state index in [1.165, 1.54) is 18.6 Å². The van der Waals surface area contributed by atoms with E-state index in [0.29, 0.717) is 5.82 Å². The van der Waals surface area contributed by atoms with E-state index in [0.717, 1.165) is 4.68 Å². The highest BCUT2D eigenvalue weighted by Gasteiger charge is 2.15. The molecule has 0 aromatic carbocycles. The van der Waals surface area contributed by atoms with Gasteiger partial charge in [-0.05, 0) is 0 Å². The van der Waals surface area contributed by atoms with Crippen LogP contribution in [-0.4, -0.2) is 19.7 Å².